The molecule has 2 aromatic rings. The molecule has 5 nitrogen and oxygen atoms in total. The molecule has 0 fully saturated rings. The highest BCUT2D eigenvalue weighted by molar-refractivity contribution is 7.91. The number of nitrogens with one attached hydrogen (secondary N) is 1. The van der Waals surface area contributed by atoms with E-state index >= 15 is 0 Å². The van der Waals surface area contributed by atoms with Crippen LogP contribution in [0.4, 0.5) is 0 Å². The standard InChI is InChI=1S/C10H12N2O3S2/c1-7(2)12-17(13,14)10-4-3-9(16-10)8-5-6-11-15-8/h3-7,12H,1-2H3. The maximum Gasteiger partial charge on any atom is 0.250 e. The first kappa shape index (κ1) is 12.3. The van der Waals surface area contributed by atoms with Crippen LogP contribution in [0.25, 0.3) is 10.6 Å². The molecule has 2 heterocycles. The lowest BCUT2D eigenvalue weighted by Gasteiger charge is -2.06. The Hall–Kier alpha value is -1.18. The summed E-state index contributed by atoms with van der Waals surface area (Å²) in [6, 6.07) is 4.83. The number of sulfonamides is 1. The van der Waals surface area contributed by atoms with Gasteiger partial charge in [0.1, 0.15) is 4.21 Å². The Morgan fingerprint density at radius 3 is 2.71 bits per heavy atom. The average Bonchev–Trinajstić information content (AvgIpc) is 2.87. The fourth-order valence-corrected chi connectivity index (χ4v) is 3.84. The molecule has 0 radical (unpaired) electrons. The van der Waals surface area contributed by atoms with Crippen molar-refractivity contribution < 1.29 is 12.9 Å². The Balaban J connectivity index is 2.30. The average molecular weight is 272 g/mol. The van der Waals surface area contributed by atoms with Crippen LogP contribution in [0.5, 0.6) is 0 Å². The second-order valence-corrected chi connectivity index (χ2v) is 6.80. The predicted molar refractivity (Wildman–Crippen MR) is 65.3 cm³/mol. The minimum Gasteiger partial charge on any atom is -0.355 e. The van der Waals surface area contributed by atoms with Crippen molar-refractivity contribution in [3.63, 3.8) is 0 Å². The van der Waals surface area contributed by atoms with Crippen molar-refractivity contribution in [2.75, 3.05) is 0 Å². The van der Waals surface area contributed by atoms with E-state index < -0.39 is 10.0 Å². The summed E-state index contributed by atoms with van der Waals surface area (Å²) in [6.45, 7) is 3.56. The zero-order chi connectivity index (χ0) is 12.5. The Kier molecular flexibility index (Phi) is 3.32. The Morgan fingerprint density at radius 1 is 1.35 bits per heavy atom. The van der Waals surface area contributed by atoms with Gasteiger partial charge in [-0.15, -0.1) is 11.3 Å². The van der Waals surface area contributed by atoms with E-state index in [0.717, 1.165) is 16.2 Å². The molecule has 0 aliphatic rings. The molecule has 17 heavy (non-hydrogen) atoms. The molecule has 0 unspecified atom stereocenters. The lowest BCUT2D eigenvalue weighted by molar-refractivity contribution is 0.433. The molecule has 0 bridgehead atoms. The maximum atomic E-state index is 11.9. The largest absolute Gasteiger partial charge is 0.355 e. The van der Waals surface area contributed by atoms with E-state index in [1.807, 2.05) is 0 Å². The first-order chi connectivity index (χ1) is 7.99. The van der Waals surface area contributed by atoms with Gasteiger partial charge in [-0.25, -0.2) is 13.1 Å². The third kappa shape index (κ3) is 2.74. The van der Waals surface area contributed by atoms with Crippen LogP contribution in [0.1, 0.15) is 13.8 Å². The predicted octanol–water partition coefficient (Wildman–Crippen LogP) is 2.09. The summed E-state index contributed by atoms with van der Waals surface area (Å²) in [5.41, 5.74) is 0. The third-order valence-corrected chi connectivity index (χ3v) is 5.17. The van der Waals surface area contributed by atoms with Gasteiger partial charge < -0.3 is 4.52 Å². The van der Waals surface area contributed by atoms with Gasteiger partial charge in [0.2, 0.25) is 10.0 Å². The van der Waals surface area contributed by atoms with Gasteiger partial charge in [-0.05, 0) is 26.0 Å². The summed E-state index contributed by atoms with van der Waals surface area (Å²) in [7, 11) is -3.42. The molecule has 0 amide bonds. The van der Waals surface area contributed by atoms with E-state index in [1.165, 1.54) is 6.20 Å². The van der Waals surface area contributed by atoms with Gasteiger partial charge in [0.15, 0.2) is 5.76 Å². The second-order valence-electron chi connectivity index (χ2n) is 3.77. The Labute approximate surface area is 103 Å². The van der Waals surface area contributed by atoms with Gasteiger partial charge in [0, 0.05) is 12.1 Å². The maximum absolute atomic E-state index is 11.9. The Bertz CT molecular complexity index is 585. The summed E-state index contributed by atoms with van der Waals surface area (Å²) in [4.78, 5) is 0.742. The van der Waals surface area contributed by atoms with Crippen molar-refractivity contribution in [2.45, 2.75) is 24.1 Å². The van der Waals surface area contributed by atoms with E-state index in [0.29, 0.717) is 5.76 Å². The van der Waals surface area contributed by atoms with Crippen LogP contribution in [-0.2, 0) is 10.0 Å². The van der Waals surface area contributed by atoms with E-state index in [1.54, 1.807) is 32.0 Å². The van der Waals surface area contributed by atoms with Crippen LogP contribution in [0.3, 0.4) is 0 Å². The number of hydrogen-bond acceptors (Lipinski definition) is 5. The summed E-state index contributed by atoms with van der Waals surface area (Å²) in [6.07, 6.45) is 1.52. The van der Waals surface area contributed by atoms with E-state index in [2.05, 4.69) is 9.88 Å². The van der Waals surface area contributed by atoms with Crippen molar-refractivity contribution in [3.05, 3.63) is 24.4 Å². The van der Waals surface area contributed by atoms with Crippen molar-refractivity contribution in [1.29, 1.82) is 0 Å². The van der Waals surface area contributed by atoms with Crippen LogP contribution >= 0.6 is 11.3 Å². The molecule has 92 valence electrons. The highest BCUT2D eigenvalue weighted by Gasteiger charge is 2.18. The molecular weight excluding hydrogens is 260 g/mol. The zero-order valence-electron chi connectivity index (χ0n) is 9.38. The molecule has 0 aliphatic heterocycles. The first-order valence-corrected chi connectivity index (χ1v) is 7.32. The van der Waals surface area contributed by atoms with Crippen LogP contribution in [0.2, 0.25) is 0 Å². The topological polar surface area (TPSA) is 72.2 Å². The number of nitrogens with zero attached hydrogens (tertiary/aromatic N) is 1. The second kappa shape index (κ2) is 4.59. The first-order valence-electron chi connectivity index (χ1n) is 5.02. The third-order valence-electron chi connectivity index (χ3n) is 1.92. The van der Waals surface area contributed by atoms with Crippen molar-refractivity contribution in [3.8, 4) is 10.6 Å². The molecule has 0 aromatic carbocycles. The SMILES string of the molecule is CC(C)NS(=O)(=O)c1ccc(-c2ccno2)s1. The molecule has 0 saturated heterocycles. The molecule has 0 atom stereocenters. The van der Waals surface area contributed by atoms with Crippen molar-refractivity contribution >= 4 is 21.4 Å². The van der Waals surface area contributed by atoms with E-state index in [-0.39, 0.29) is 10.3 Å². The van der Waals surface area contributed by atoms with Crippen molar-refractivity contribution in [1.82, 2.24) is 9.88 Å². The molecule has 0 aliphatic carbocycles. The van der Waals surface area contributed by atoms with E-state index in [9.17, 15) is 8.42 Å². The van der Waals surface area contributed by atoms with Crippen LogP contribution in [0.15, 0.2) is 33.1 Å². The molecule has 2 rings (SSSR count). The Morgan fingerprint density at radius 2 is 2.12 bits per heavy atom. The lowest BCUT2D eigenvalue weighted by atomic mass is 10.4. The van der Waals surface area contributed by atoms with Gasteiger partial charge >= 0.3 is 0 Å². The number of thiophene rings is 1. The fourth-order valence-electron chi connectivity index (χ4n) is 1.31. The summed E-state index contributed by atoms with van der Waals surface area (Å²) >= 11 is 1.16. The summed E-state index contributed by atoms with van der Waals surface area (Å²) in [5.74, 6) is 0.570. The fraction of sp³-hybridized carbons (Fsp3) is 0.300. The van der Waals surface area contributed by atoms with Crippen molar-refractivity contribution in [2.24, 2.45) is 0 Å². The monoisotopic (exact) mass is 272 g/mol. The molecule has 1 N–H and O–H groups in total. The highest BCUT2D eigenvalue weighted by Crippen LogP contribution is 2.30. The molecule has 0 saturated carbocycles. The minimum atomic E-state index is -3.42. The lowest BCUT2D eigenvalue weighted by Crippen LogP contribution is -2.29. The normalized spacial score (nSPS) is 12.2. The van der Waals surface area contributed by atoms with Gasteiger partial charge in [0.05, 0.1) is 11.1 Å². The van der Waals surface area contributed by atoms with Crippen LogP contribution in [0, 0.1) is 0 Å². The van der Waals surface area contributed by atoms with Crippen LogP contribution < -0.4 is 4.72 Å². The molecular formula is C10H12N2O3S2. The molecule has 0 spiro atoms. The summed E-state index contributed by atoms with van der Waals surface area (Å²) in [5, 5.41) is 3.58. The molecule has 2 aromatic heterocycles. The number of aromatic nitrogens is 1. The smallest absolute Gasteiger partial charge is 0.250 e. The van der Waals surface area contributed by atoms with Crippen LogP contribution in [-0.4, -0.2) is 19.6 Å². The van der Waals surface area contributed by atoms with Gasteiger partial charge in [-0.3, -0.25) is 0 Å². The minimum absolute atomic E-state index is 0.129. The highest BCUT2D eigenvalue weighted by atomic mass is 32.2. The number of hydrogen-bond donors (Lipinski definition) is 1. The van der Waals surface area contributed by atoms with Gasteiger partial charge in [-0.2, -0.15) is 0 Å². The summed E-state index contributed by atoms with van der Waals surface area (Å²) < 4.78 is 31.5. The van der Waals surface area contributed by atoms with Gasteiger partial charge in [-0.1, -0.05) is 5.16 Å². The molecule has 7 heteroatoms. The number of rotatable bonds is 4. The van der Waals surface area contributed by atoms with Gasteiger partial charge in [0.25, 0.3) is 0 Å². The quantitative estimate of drug-likeness (QED) is 0.925. The van der Waals surface area contributed by atoms with E-state index in [4.69, 9.17) is 4.52 Å². The zero-order valence-corrected chi connectivity index (χ0v) is 11.0.